The Morgan fingerprint density at radius 1 is 1.40 bits per heavy atom. The van der Waals surface area contributed by atoms with Gasteiger partial charge in [0.25, 0.3) is 0 Å². The first-order valence-electron chi connectivity index (χ1n) is 5.60. The summed E-state index contributed by atoms with van der Waals surface area (Å²) in [6.45, 7) is 0.283. The molecule has 0 aliphatic rings. The number of alkyl halides is 3. The second-order valence-electron chi connectivity index (χ2n) is 3.88. The maximum atomic E-state index is 12.5. The lowest BCUT2D eigenvalue weighted by atomic mass is 10.2. The van der Waals surface area contributed by atoms with E-state index < -0.39 is 17.6 Å². The van der Waals surface area contributed by atoms with Gasteiger partial charge < -0.3 is 5.32 Å². The molecule has 0 aromatic carbocycles. The largest absolute Gasteiger partial charge is 0.416 e. The molecule has 0 saturated carbocycles. The van der Waals surface area contributed by atoms with Crippen molar-refractivity contribution in [3.8, 4) is 0 Å². The number of carbonyl (C=O) groups is 1. The van der Waals surface area contributed by atoms with Gasteiger partial charge in [-0.25, -0.2) is 9.97 Å². The van der Waals surface area contributed by atoms with Crippen molar-refractivity contribution < 1.29 is 18.0 Å². The first-order valence-corrected chi connectivity index (χ1v) is 5.60. The van der Waals surface area contributed by atoms with Crippen molar-refractivity contribution in [1.29, 1.82) is 0 Å². The van der Waals surface area contributed by atoms with E-state index in [2.05, 4.69) is 20.4 Å². The molecule has 9 heteroatoms. The third-order valence-electron chi connectivity index (χ3n) is 2.39. The summed E-state index contributed by atoms with van der Waals surface area (Å²) in [5, 5.41) is 6.11. The van der Waals surface area contributed by atoms with E-state index in [4.69, 9.17) is 0 Å². The number of hydrogen-bond donors (Lipinski definition) is 1. The van der Waals surface area contributed by atoms with Crippen molar-refractivity contribution in [2.45, 2.75) is 19.1 Å². The molecule has 1 amide bonds. The van der Waals surface area contributed by atoms with Crippen LogP contribution in [0.15, 0.2) is 31.0 Å². The lowest BCUT2D eigenvalue weighted by molar-refractivity contribution is -0.137. The zero-order valence-corrected chi connectivity index (χ0v) is 10.1. The number of halogens is 3. The number of amides is 1. The highest BCUT2D eigenvalue weighted by Crippen LogP contribution is 2.29. The van der Waals surface area contributed by atoms with Gasteiger partial charge in [-0.1, -0.05) is 0 Å². The van der Waals surface area contributed by atoms with Crippen molar-refractivity contribution in [1.82, 2.24) is 19.7 Å². The van der Waals surface area contributed by atoms with Crippen LogP contribution in [-0.4, -0.2) is 25.7 Å². The van der Waals surface area contributed by atoms with Crippen molar-refractivity contribution in [2.75, 3.05) is 5.32 Å². The van der Waals surface area contributed by atoms with E-state index in [0.29, 0.717) is 0 Å². The average molecular weight is 285 g/mol. The number of aromatic nitrogens is 4. The summed E-state index contributed by atoms with van der Waals surface area (Å²) in [7, 11) is 0. The van der Waals surface area contributed by atoms with Crippen LogP contribution in [0.3, 0.4) is 0 Å². The van der Waals surface area contributed by atoms with Crippen molar-refractivity contribution in [3.05, 3.63) is 36.5 Å². The van der Waals surface area contributed by atoms with E-state index >= 15 is 0 Å². The molecule has 2 aromatic heterocycles. The monoisotopic (exact) mass is 285 g/mol. The molecular formula is C11H10F3N5O. The van der Waals surface area contributed by atoms with Gasteiger partial charge in [-0.05, 0) is 12.1 Å². The van der Waals surface area contributed by atoms with E-state index in [1.807, 2.05) is 0 Å². The molecule has 106 valence electrons. The molecule has 0 spiro atoms. The number of hydrogen-bond acceptors (Lipinski definition) is 4. The van der Waals surface area contributed by atoms with E-state index in [0.717, 1.165) is 18.3 Å². The minimum Gasteiger partial charge on any atom is -0.311 e. The third-order valence-corrected chi connectivity index (χ3v) is 2.39. The highest BCUT2D eigenvalue weighted by Gasteiger charge is 2.30. The Hall–Kier alpha value is -2.45. The number of pyridine rings is 1. The molecule has 0 radical (unpaired) electrons. The summed E-state index contributed by atoms with van der Waals surface area (Å²) in [6, 6.07) is 1.62. The van der Waals surface area contributed by atoms with Gasteiger partial charge in [0.15, 0.2) is 0 Å². The summed E-state index contributed by atoms with van der Waals surface area (Å²) in [4.78, 5) is 19.0. The van der Waals surface area contributed by atoms with Crippen LogP contribution in [0, 0.1) is 0 Å². The highest BCUT2D eigenvalue weighted by atomic mass is 19.4. The Kier molecular flexibility index (Phi) is 3.97. The minimum atomic E-state index is -4.47. The number of anilines is 1. The molecule has 2 heterocycles. The van der Waals surface area contributed by atoms with Crippen LogP contribution in [-0.2, 0) is 17.5 Å². The fraction of sp³-hybridized carbons (Fsp3) is 0.273. The highest BCUT2D eigenvalue weighted by molar-refractivity contribution is 5.89. The Balaban J connectivity index is 1.94. The molecule has 2 aromatic rings. The Morgan fingerprint density at radius 2 is 2.20 bits per heavy atom. The summed E-state index contributed by atoms with van der Waals surface area (Å²) in [6.07, 6.45) is -0.650. The average Bonchev–Trinajstić information content (AvgIpc) is 2.89. The number of nitrogens with one attached hydrogen (secondary N) is 1. The molecular weight excluding hydrogens is 275 g/mol. The van der Waals surface area contributed by atoms with Crippen molar-refractivity contribution in [2.24, 2.45) is 0 Å². The minimum absolute atomic E-state index is 0.0568. The van der Waals surface area contributed by atoms with E-state index in [1.54, 1.807) is 0 Å². The predicted octanol–water partition coefficient (Wildman–Crippen LogP) is 1.72. The molecule has 2 rings (SSSR count). The van der Waals surface area contributed by atoms with Crippen LogP contribution < -0.4 is 5.32 Å². The standard InChI is InChI=1S/C11H10F3N5O/c12-11(13,14)8-1-3-16-9(5-8)18-10(20)2-4-19-7-15-6-17-19/h1,3,5-7H,2,4H2,(H,16,18,20). The smallest absolute Gasteiger partial charge is 0.311 e. The zero-order chi connectivity index (χ0) is 14.6. The summed E-state index contributed by atoms with van der Waals surface area (Å²) in [5.41, 5.74) is -0.862. The number of aryl methyl sites for hydroxylation is 1. The van der Waals surface area contributed by atoms with Gasteiger partial charge >= 0.3 is 6.18 Å². The first-order chi connectivity index (χ1) is 9.45. The number of carbonyl (C=O) groups excluding carboxylic acids is 1. The topological polar surface area (TPSA) is 72.7 Å². The van der Waals surface area contributed by atoms with Gasteiger partial charge in [0.2, 0.25) is 5.91 Å². The molecule has 0 saturated heterocycles. The first kappa shape index (κ1) is 14.0. The van der Waals surface area contributed by atoms with Gasteiger partial charge in [0.1, 0.15) is 18.5 Å². The Morgan fingerprint density at radius 3 is 2.85 bits per heavy atom. The molecule has 0 fully saturated rings. The molecule has 1 N–H and O–H groups in total. The van der Waals surface area contributed by atoms with E-state index in [-0.39, 0.29) is 18.8 Å². The molecule has 0 unspecified atom stereocenters. The molecule has 0 bridgehead atoms. The fourth-order valence-electron chi connectivity index (χ4n) is 1.44. The summed E-state index contributed by atoms with van der Waals surface area (Å²) < 4.78 is 38.9. The van der Waals surface area contributed by atoms with Crippen molar-refractivity contribution in [3.63, 3.8) is 0 Å². The normalized spacial score (nSPS) is 11.3. The van der Waals surface area contributed by atoms with Gasteiger partial charge in [0.05, 0.1) is 12.1 Å². The molecule has 0 aliphatic carbocycles. The van der Waals surface area contributed by atoms with Crippen LogP contribution in [0.5, 0.6) is 0 Å². The maximum Gasteiger partial charge on any atom is 0.416 e. The Labute approximate surface area is 111 Å². The van der Waals surface area contributed by atoms with Gasteiger partial charge in [-0.2, -0.15) is 18.3 Å². The van der Waals surface area contributed by atoms with Crippen LogP contribution in [0.25, 0.3) is 0 Å². The third kappa shape index (κ3) is 3.77. The maximum absolute atomic E-state index is 12.5. The number of rotatable bonds is 4. The lowest BCUT2D eigenvalue weighted by Gasteiger charge is -2.09. The van der Waals surface area contributed by atoms with Crippen LogP contribution in [0.4, 0.5) is 19.0 Å². The van der Waals surface area contributed by atoms with Gasteiger partial charge in [-0.3, -0.25) is 9.48 Å². The van der Waals surface area contributed by atoms with E-state index in [1.165, 1.54) is 17.3 Å². The Bertz CT molecular complexity index is 582. The second-order valence-corrected chi connectivity index (χ2v) is 3.88. The molecule has 6 nitrogen and oxygen atoms in total. The summed E-state index contributed by atoms with van der Waals surface area (Å²) >= 11 is 0. The van der Waals surface area contributed by atoms with Crippen molar-refractivity contribution >= 4 is 11.7 Å². The van der Waals surface area contributed by atoms with Gasteiger partial charge in [0, 0.05) is 12.6 Å². The fourth-order valence-corrected chi connectivity index (χ4v) is 1.44. The summed E-state index contributed by atoms with van der Waals surface area (Å²) in [5.74, 6) is -0.587. The zero-order valence-electron chi connectivity index (χ0n) is 10.1. The molecule has 0 atom stereocenters. The lowest BCUT2D eigenvalue weighted by Crippen LogP contribution is -2.16. The molecule has 20 heavy (non-hydrogen) atoms. The van der Waals surface area contributed by atoms with E-state index in [9.17, 15) is 18.0 Å². The van der Waals surface area contributed by atoms with Gasteiger partial charge in [-0.15, -0.1) is 0 Å². The number of nitrogens with zero attached hydrogens (tertiary/aromatic N) is 4. The second kappa shape index (κ2) is 5.68. The SMILES string of the molecule is O=C(CCn1cncn1)Nc1cc(C(F)(F)F)ccn1. The molecule has 0 aliphatic heterocycles. The van der Waals surface area contributed by atoms with Crippen LogP contribution in [0.2, 0.25) is 0 Å². The quantitative estimate of drug-likeness (QED) is 0.928. The van der Waals surface area contributed by atoms with Crippen LogP contribution >= 0.6 is 0 Å². The van der Waals surface area contributed by atoms with Crippen LogP contribution in [0.1, 0.15) is 12.0 Å². The predicted molar refractivity (Wildman–Crippen MR) is 62.5 cm³/mol.